The molecular weight excluding hydrogens is 217 g/mol. The molecule has 0 spiro atoms. The first-order valence-electron chi connectivity index (χ1n) is 4.01. The van der Waals surface area contributed by atoms with E-state index in [2.05, 4.69) is 10.6 Å². The average Bonchev–Trinajstić information content (AvgIpc) is 1.96. The van der Waals surface area contributed by atoms with Gasteiger partial charge in [0.05, 0.1) is 6.04 Å². The number of nitrogens with one attached hydrogen (secondary N) is 2. The van der Waals surface area contributed by atoms with Gasteiger partial charge in [-0.3, -0.25) is 4.79 Å². The molecule has 3 N–H and O–H groups in total. The molecule has 0 aromatic rings. The van der Waals surface area contributed by atoms with Crippen molar-refractivity contribution in [2.24, 2.45) is 0 Å². The Balaban J connectivity index is 0.000000265. The van der Waals surface area contributed by atoms with Crippen LogP contribution in [0, 0.1) is 0 Å². The second kappa shape index (κ2) is 5.54. The minimum absolute atomic E-state index is 0.0662. The van der Waals surface area contributed by atoms with Crippen LogP contribution < -0.4 is 10.6 Å². The number of aliphatic carboxylic acids is 1. The fourth-order valence-electron chi connectivity index (χ4n) is 0.678. The van der Waals surface area contributed by atoms with Crippen molar-refractivity contribution >= 4 is 11.9 Å². The second-order valence-electron chi connectivity index (χ2n) is 2.86. The van der Waals surface area contributed by atoms with Crippen molar-refractivity contribution in [2.75, 3.05) is 13.1 Å². The Morgan fingerprint density at radius 3 is 1.87 bits per heavy atom. The number of alkyl halides is 3. The highest BCUT2D eigenvalue weighted by Crippen LogP contribution is 2.13. The van der Waals surface area contributed by atoms with E-state index < -0.39 is 12.1 Å². The van der Waals surface area contributed by atoms with Crippen LogP contribution in [0.15, 0.2) is 0 Å². The molecule has 1 aliphatic heterocycles. The zero-order valence-electron chi connectivity index (χ0n) is 7.89. The average molecular weight is 228 g/mol. The van der Waals surface area contributed by atoms with Crippen LogP contribution in [0.5, 0.6) is 0 Å². The Kier molecular flexibility index (Phi) is 5.06. The molecule has 1 saturated heterocycles. The van der Waals surface area contributed by atoms with E-state index in [1.165, 1.54) is 0 Å². The van der Waals surface area contributed by atoms with Gasteiger partial charge in [0.25, 0.3) is 0 Å². The molecule has 0 aromatic heterocycles. The first kappa shape index (κ1) is 13.7. The van der Waals surface area contributed by atoms with Crippen LogP contribution in [0.25, 0.3) is 0 Å². The number of hydrogen-bond acceptors (Lipinski definition) is 3. The predicted molar refractivity (Wildman–Crippen MR) is 44.2 cm³/mol. The molecule has 1 rings (SSSR count). The maximum atomic E-state index is 10.6. The summed E-state index contributed by atoms with van der Waals surface area (Å²) >= 11 is 0. The molecule has 0 atom stereocenters. The van der Waals surface area contributed by atoms with Crippen LogP contribution in [-0.4, -0.2) is 42.3 Å². The van der Waals surface area contributed by atoms with Crippen molar-refractivity contribution < 1.29 is 27.9 Å². The van der Waals surface area contributed by atoms with Gasteiger partial charge in [-0.15, -0.1) is 0 Å². The second-order valence-corrected chi connectivity index (χ2v) is 2.86. The van der Waals surface area contributed by atoms with Gasteiger partial charge >= 0.3 is 12.1 Å². The number of halogens is 3. The van der Waals surface area contributed by atoms with Crippen molar-refractivity contribution in [3.63, 3.8) is 0 Å². The summed E-state index contributed by atoms with van der Waals surface area (Å²) in [5, 5.41) is 13.0. The number of hydrogen-bond donors (Lipinski definition) is 3. The van der Waals surface area contributed by atoms with Gasteiger partial charge in [0.15, 0.2) is 0 Å². The number of carboxylic acids is 1. The Morgan fingerprint density at radius 2 is 1.80 bits per heavy atom. The third-order valence-electron chi connectivity index (χ3n) is 1.43. The van der Waals surface area contributed by atoms with Crippen molar-refractivity contribution in [2.45, 2.75) is 19.1 Å². The lowest BCUT2D eigenvalue weighted by molar-refractivity contribution is -0.192. The SMILES string of the molecule is CC(=O)NC1CNC1.O=C(O)C(F)(F)F. The van der Waals surface area contributed by atoms with E-state index in [0.717, 1.165) is 13.1 Å². The molecule has 8 heteroatoms. The minimum atomic E-state index is -5.08. The van der Waals surface area contributed by atoms with Gasteiger partial charge in [0.2, 0.25) is 5.91 Å². The van der Waals surface area contributed by atoms with Crippen molar-refractivity contribution in [3.8, 4) is 0 Å². The van der Waals surface area contributed by atoms with Gasteiger partial charge in [-0.05, 0) is 0 Å². The summed E-state index contributed by atoms with van der Waals surface area (Å²) in [5.41, 5.74) is 0. The third kappa shape index (κ3) is 6.72. The van der Waals surface area contributed by atoms with Gasteiger partial charge in [-0.2, -0.15) is 13.2 Å². The largest absolute Gasteiger partial charge is 0.490 e. The molecule has 88 valence electrons. The molecule has 1 amide bonds. The van der Waals surface area contributed by atoms with Crippen LogP contribution in [-0.2, 0) is 9.59 Å². The summed E-state index contributed by atoms with van der Waals surface area (Å²) in [7, 11) is 0. The Morgan fingerprint density at radius 1 is 1.40 bits per heavy atom. The zero-order valence-corrected chi connectivity index (χ0v) is 7.89. The molecular formula is C7H11F3N2O3. The van der Waals surface area contributed by atoms with Crippen LogP contribution in [0.4, 0.5) is 13.2 Å². The third-order valence-corrected chi connectivity index (χ3v) is 1.43. The predicted octanol–water partition coefficient (Wildman–Crippen LogP) is -0.272. The topological polar surface area (TPSA) is 78.4 Å². The molecule has 1 aliphatic rings. The Labute approximate surface area is 83.6 Å². The highest BCUT2D eigenvalue weighted by Gasteiger charge is 2.38. The van der Waals surface area contributed by atoms with Crippen LogP contribution in [0.1, 0.15) is 6.92 Å². The van der Waals surface area contributed by atoms with E-state index in [1.807, 2.05) is 0 Å². The lowest BCUT2D eigenvalue weighted by atomic mass is 10.2. The van der Waals surface area contributed by atoms with E-state index in [-0.39, 0.29) is 5.91 Å². The number of carbonyl (C=O) groups is 2. The van der Waals surface area contributed by atoms with Gasteiger partial charge in [-0.1, -0.05) is 0 Å². The van der Waals surface area contributed by atoms with E-state index in [1.54, 1.807) is 6.92 Å². The summed E-state index contributed by atoms with van der Waals surface area (Å²) in [5.74, 6) is -2.69. The normalized spacial score (nSPS) is 15.7. The van der Waals surface area contributed by atoms with Crippen molar-refractivity contribution in [3.05, 3.63) is 0 Å². The molecule has 0 aliphatic carbocycles. The summed E-state index contributed by atoms with van der Waals surface area (Å²) in [4.78, 5) is 19.2. The van der Waals surface area contributed by atoms with Gasteiger partial charge in [-0.25, -0.2) is 4.79 Å². The summed E-state index contributed by atoms with van der Waals surface area (Å²) in [6, 6.07) is 0.396. The van der Waals surface area contributed by atoms with Crippen LogP contribution in [0.2, 0.25) is 0 Å². The van der Waals surface area contributed by atoms with Gasteiger partial charge < -0.3 is 15.7 Å². The van der Waals surface area contributed by atoms with Gasteiger partial charge in [0, 0.05) is 20.0 Å². The highest BCUT2D eigenvalue weighted by molar-refractivity contribution is 5.73. The summed E-state index contributed by atoms with van der Waals surface area (Å²) < 4.78 is 31.7. The Bertz CT molecular complexity index is 238. The number of carboxylic acid groups (broad SMARTS) is 1. The lowest BCUT2D eigenvalue weighted by Crippen LogP contribution is -2.56. The number of carbonyl (C=O) groups excluding carboxylic acids is 1. The molecule has 0 saturated carbocycles. The molecule has 0 aromatic carbocycles. The van der Waals surface area contributed by atoms with Crippen LogP contribution >= 0.6 is 0 Å². The highest BCUT2D eigenvalue weighted by atomic mass is 19.4. The fourth-order valence-corrected chi connectivity index (χ4v) is 0.678. The molecule has 15 heavy (non-hydrogen) atoms. The molecule has 0 unspecified atom stereocenters. The first-order valence-corrected chi connectivity index (χ1v) is 4.01. The van der Waals surface area contributed by atoms with Crippen molar-refractivity contribution in [1.29, 1.82) is 0 Å². The van der Waals surface area contributed by atoms with E-state index in [9.17, 15) is 18.0 Å². The van der Waals surface area contributed by atoms with E-state index >= 15 is 0 Å². The monoisotopic (exact) mass is 228 g/mol. The van der Waals surface area contributed by atoms with Crippen molar-refractivity contribution in [1.82, 2.24) is 10.6 Å². The maximum Gasteiger partial charge on any atom is 0.490 e. The minimum Gasteiger partial charge on any atom is -0.475 e. The lowest BCUT2D eigenvalue weighted by Gasteiger charge is -2.27. The fraction of sp³-hybridized carbons (Fsp3) is 0.714. The molecule has 0 bridgehead atoms. The summed E-state index contributed by atoms with van der Waals surface area (Å²) in [6.07, 6.45) is -5.08. The maximum absolute atomic E-state index is 10.6. The van der Waals surface area contributed by atoms with Crippen LogP contribution in [0.3, 0.4) is 0 Å². The zero-order chi connectivity index (χ0) is 12.1. The molecule has 1 heterocycles. The Hall–Kier alpha value is -1.31. The standard InChI is InChI=1S/C5H10N2O.C2HF3O2/c1-4(8)7-5-2-6-3-5;3-2(4,5)1(6)7/h5-6H,2-3H2,1H3,(H,7,8);(H,6,7). The molecule has 1 fully saturated rings. The van der Waals surface area contributed by atoms with E-state index in [0.29, 0.717) is 6.04 Å². The number of amides is 1. The molecule has 0 radical (unpaired) electrons. The smallest absolute Gasteiger partial charge is 0.475 e. The molecule has 5 nitrogen and oxygen atoms in total. The first-order chi connectivity index (χ1) is 6.73. The number of rotatable bonds is 1. The quantitative estimate of drug-likeness (QED) is 0.577. The van der Waals surface area contributed by atoms with Gasteiger partial charge in [0.1, 0.15) is 0 Å². The summed E-state index contributed by atoms with van der Waals surface area (Å²) in [6.45, 7) is 3.40. The van der Waals surface area contributed by atoms with E-state index in [4.69, 9.17) is 9.90 Å².